The molecular weight excluding hydrogens is 388 g/mol. The first-order chi connectivity index (χ1) is 15.2. The Hall–Kier alpha value is -3.58. The standard InChI is InChI=1S/C24H26N6O/c1-27-14-16-28(17-15-27)19-6-8-20(9-7-19)29(21-4-3-5-22(18-21)31-2)24-11-12-25-23-10-13-26-30(23)24/h3-13,18H,14-17H2,1-2H3. The summed E-state index contributed by atoms with van der Waals surface area (Å²) in [6, 6.07) is 20.7. The molecule has 2 aromatic heterocycles. The minimum atomic E-state index is 0.805. The van der Waals surface area contributed by atoms with Gasteiger partial charge in [0.2, 0.25) is 0 Å². The van der Waals surface area contributed by atoms with E-state index < -0.39 is 0 Å². The summed E-state index contributed by atoms with van der Waals surface area (Å²) in [7, 11) is 3.86. The third-order valence-corrected chi connectivity index (χ3v) is 5.79. The molecule has 1 aliphatic heterocycles. The van der Waals surface area contributed by atoms with Crippen molar-refractivity contribution in [3.63, 3.8) is 0 Å². The van der Waals surface area contributed by atoms with Gasteiger partial charge in [0.15, 0.2) is 5.65 Å². The lowest BCUT2D eigenvalue weighted by Gasteiger charge is -2.34. The molecule has 7 nitrogen and oxygen atoms in total. The Morgan fingerprint density at radius 1 is 0.871 bits per heavy atom. The van der Waals surface area contributed by atoms with Crippen LogP contribution in [0.1, 0.15) is 0 Å². The molecule has 0 saturated carbocycles. The zero-order valence-corrected chi connectivity index (χ0v) is 17.8. The Morgan fingerprint density at radius 2 is 1.68 bits per heavy atom. The summed E-state index contributed by atoms with van der Waals surface area (Å²) < 4.78 is 7.34. The number of rotatable bonds is 5. The number of hydrogen-bond donors (Lipinski definition) is 0. The molecule has 1 saturated heterocycles. The second kappa shape index (κ2) is 8.28. The zero-order chi connectivity index (χ0) is 21.2. The van der Waals surface area contributed by atoms with Crippen LogP contribution in [-0.4, -0.2) is 59.8 Å². The lowest BCUT2D eigenvalue weighted by Crippen LogP contribution is -2.44. The lowest BCUT2D eigenvalue weighted by atomic mass is 10.2. The van der Waals surface area contributed by atoms with Gasteiger partial charge in [-0.05, 0) is 49.5 Å². The number of fused-ring (bicyclic) bond motifs is 1. The number of piperazine rings is 1. The molecular formula is C24H26N6O. The lowest BCUT2D eigenvalue weighted by molar-refractivity contribution is 0.313. The summed E-state index contributed by atoms with van der Waals surface area (Å²) in [5, 5.41) is 4.50. The number of methoxy groups -OCH3 is 1. The molecule has 4 aromatic rings. The minimum absolute atomic E-state index is 0.805. The molecule has 5 rings (SSSR count). The molecule has 31 heavy (non-hydrogen) atoms. The van der Waals surface area contributed by atoms with Crippen LogP contribution < -0.4 is 14.5 Å². The van der Waals surface area contributed by atoms with E-state index in [1.165, 1.54) is 5.69 Å². The number of anilines is 4. The van der Waals surface area contributed by atoms with Crippen molar-refractivity contribution in [2.24, 2.45) is 0 Å². The highest BCUT2D eigenvalue weighted by molar-refractivity contribution is 5.77. The van der Waals surface area contributed by atoms with E-state index in [0.29, 0.717) is 0 Å². The van der Waals surface area contributed by atoms with Crippen molar-refractivity contribution >= 4 is 28.5 Å². The Morgan fingerprint density at radius 3 is 2.45 bits per heavy atom. The van der Waals surface area contributed by atoms with Gasteiger partial charge in [-0.15, -0.1) is 0 Å². The Kier molecular flexibility index (Phi) is 5.18. The second-order valence-corrected chi connectivity index (χ2v) is 7.75. The van der Waals surface area contributed by atoms with Crippen molar-refractivity contribution < 1.29 is 4.74 Å². The van der Waals surface area contributed by atoms with Crippen LogP contribution in [0, 0.1) is 0 Å². The maximum atomic E-state index is 5.48. The predicted octanol–water partition coefficient (Wildman–Crippen LogP) is 3.96. The van der Waals surface area contributed by atoms with Gasteiger partial charge in [0.25, 0.3) is 0 Å². The summed E-state index contributed by atoms with van der Waals surface area (Å²) >= 11 is 0. The molecule has 1 fully saturated rings. The van der Waals surface area contributed by atoms with Gasteiger partial charge in [-0.3, -0.25) is 4.90 Å². The van der Waals surface area contributed by atoms with Crippen LogP contribution in [-0.2, 0) is 0 Å². The maximum absolute atomic E-state index is 5.48. The number of nitrogens with zero attached hydrogens (tertiary/aromatic N) is 6. The smallest absolute Gasteiger partial charge is 0.157 e. The first kappa shape index (κ1) is 19.4. The molecule has 0 amide bonds. The number of aromatic nitrogens is 3. The van der Waals surface area contributed by atoms with Crippen LogP contribution in [0.5, 0.6) is 5.75 Å². The van der Waals surface area contributed by atoms with E-state index in [4.69, 9.17) is 4.74 Å². The van der Waals surface area contributed by atoms with Crippen LogP contribution in [0.15, 0.2) is 73.1 Å². The third kappa shape index (κ3) is 3.80. The zero-order valence-electron chi connectivity index (χ0n) is 17.8. The summed E-state index contributed by atoms with van der Waals surface area (Å²) in [6.45, 7) is 4.28. The van der Waals surface area contributed by atoms with Gasteiger partial charge in [0.1, 0.15) is 11.6 Å². The van der Waals surface area contributed by atoms with Crippen molar-refractivity contribution in [1.82, 2.24) is 19.5 Å². The molecule has 0 atom stereocenters. The van der Waals surface area contributed by atoms with E-state index in [2.05, 4.69) is 62.2 Å². The molecule has 158 valence electrons. The van der Waals surface area contributed by atoms with Crippen molar-refractivity contribution in [2.75, 3.05) is 50.1 Å². The van der Waals surface area contributed by atoms with Crippen LogP contribution in [0.2, 0.25) is 0 Å². The highest BCUT2D eigenvalue weighted by Gasteiger charge is 2.18. The van der Waals surface area contributed by atoms with E-state index in [1.54, 1.807) is 13.3 Å². The first-order valence-corrected chi connectivity index (χ1v) is 10.5. The van der Waals surface area contributed by atoms with Gasteiger partial charge < -0.3 is 14.5 Å². The molecule has 0 radical (unpaired) electrons. The van der Waals surface area contributed by atoms with E-state index in [1.807, 2.05) is 41.0 Å². The summed E-state index contributed by atoms with van der Waals surface area (Å²) in [5.41, 5.74) is 4.10. The third-order valence-electron chi connectivity index (χ3n) is 5.79. The monoisotopic (exact) mass is 414 g/mol. The highest BCUT2D eigenvalue weighted by Crippen LogP contribution is 2.36. The quantitative estimate of drug-likeness (QED) is 0.493. The Balaban J connectivity index is 1.57. The number of hydrogen-bond acceptors (Lipinski definition) is 6. The Labute approximate surface area is 182 Å². The van der Waals surface area contributed by atoms with E-state index in [-0.39, 0.29) is 0 Å². The average Bonchev–Trinajstić information content (AvgIpc) is 3.30. The summed E-state index contributed by atoms with van der Waals surface area (Å²) in [4.78, 5) is 11.4. The topological polar surface area (TPSA) is 49.1 Å². The predicted molar refractivity (Wildman–Crippen MR) is 124 cm³/mol. The number of likely N-dealkylation sites (N-methyl/N-ethyl adjacent to an activating group) is 1. The molecule has 0 unspecified atom stereocenters. The van der Waals surface area contributed by atoms with Crippen molar-refractivity contribution in [3.8, 4) is 5.75 Å². The number of benzene rings is 2. The molecule has 2 aromatic carbocycles. The van der Waals surface area contributed by atoms with E-state index in [0.717, 1.165) is 54.8 Å². The largest absolute Gasteiger partial charge is 0.497 e. The highest BCUT2D eigenvalue weighted by atomic mass is 16.5. The van der Waals surface area contributed by atoms with Crippen molar-refractivity contribution in [3.05, 3.63) is 73.1 Å². The molecule has 0 bridgehead atoms. The number of ether oxygens (including phenoxy) is 1. The Bertz CT molecular complexity index is 1160. The maximum Gasteiger partial charge on any atom is 0.157 e. The minimum Gasteiger partial charge on any atom is -0.497 e. The van der Waals surface area contributed by atoms with Crippen LogP contribution in [0.3, 0.4) is 0 Å². The molecule has 0 spiro atoms. The van der Waals surface area contributed by atoms with Gasteiger partial charge in [0.05, 0.1) is 19.0 Å². The summed E-state index contributed by atoms with van der Waals surface area (Å²) in [6.07, 6.45) is 3.59. The van der Waals surface area contributed by atoms with Gasteiger partial charge in [-0.25, -0.2) is 4.98 Å². The van der Waals surface area contributed by atoms with Crippen LogP contribution >= 0.6 is 0 Å². The van der Waals surface area contributed by atoms with Crippen molar-refractivity contribution in [2.45, 2.75) is 0 Å². The normalized spacial score (nSPS) is 14.7. The van der Waals surface area contributed by atoms with Gasteiger partial charge in [-0.1, -0.05) is 6.07 Å². The summed E-state index contributed by atoms with van der Waals surface area (Å²) in [5.74, 6) is 1.72. The van der Waals surface area contributed by atoms with Gasteiger partial charge in [-0.2, -0.15) is 9.61 Å². The second-order valence-electron chi connectivity index (χ2n) is 7.75. The fraction of sp³-hybridized carbons (Fsp3) is 0.250. The van der Waals surface area contributed by atoms with Crippen LogP contribution in [0.4, 0.5) is 22.9 Å². The molecule has 0 aliphatic carbocycles. The first-order valence-electron chi connectivity index (χ1n) is 10.5. The van der Waals surface area contributed by atoms with E-state index in [9.17, 15) is 0 Å². The van der Waals surface area contributed by atoms with Gasteiger partial charge in [0, 0.05) is 55.9 Å². The average molecular weight is 415 g/mol. The molecule has 1 aliphatic rings. The fourth-order valence-corrected chi connectivity index (χ4v) is 4.03. The molecule has 0 N–H and O–H groups in total. The van der Waals surface area contributed by atoms with E-state index >= 15 is 0 Å². The van der Waals surface area contributed by atoms with Crippen LogP contribution in [0.25, 0.3) is 5.65 Å². The SMILES string of the molecule is COc1cccc(N(c2ccc(N3CCN(C)CC3)cc2)c2ccnc3ccnn23)c1. The van der Waals surface area contributed by atoms with Crippen molar-refractivity contribution in [1.29, 1.82) is 0 Å². The van der Waals surface area contributed by atoms with Gasteiger partial charge >= 0.3 is 0 Å². The molecule has 3 heterocycles. The molecule has 7 heteroatoms. The fourth-order valence-electron chi connectivity index (χ4n) is 4.03.